The van der Waals surface area contributed by atoms with E-state index in [9.17, 15) is 24.9 Å². The van der Waals surface area contributed by atoms with Crippen LogP contribution in [0.5, 0.6) is 0 Å². The number of rotatable bonds is 2. The van der Waals surface area contributed by atoms with Gasteiger partial charge in [0.15, 0.2) is 0 Å². The minimum absolute atomic E-state index is 0.117. The average Bonchev–Trinajstić information content (AvgIpc) is 2.84. The summed E-state index contributed by atoms with van der Waals surface area (Å²) in [6.45, 7) is 15.4. The van der Waals surface area contributed by atoms with Gasteiger partial charge in [0.2, 0.25) is 0 Å². The first-order valence-corrected chi connectivity index (χ1v) is 14.2. The predicted molar refractivity (Wildman–Crippen MR) is 140 cm³/mol. The standard InChI is InChI=1S/C31H46O6/c1-17-10-13-31(25(34)35)15-14-28(4)19(23(31)18(17)2)8-9-21-27(3)16-20(32)24(33)30(6,26(36)37-7)22(27)11-12-29(21,28)5/h8,17,20-24,32-33H,2,9-16H2,1,3-7H3,(H,34,35). The first kappa shape index (κ1) is 26.9. The van der Waals surface area contributed by atoms with Crippen LogP contribution in [0.15, 0.2) is 23.8 Å². The zero-order valence-electron chi connectivity index (χ0n) is 23.5. The van der Waals surface area contributed by atoms with E-state index in [1.807, 2.05) is 0 Å². The number of esters is 1. The van der Waals surface area contributed by atoms with E-state index in [2.05, 4.69) is 40.3 Å². The second kappa shape index (κ2) is 8.17. The van der Waals surface area contributed by atoms with Crippen LogP contribution in [-0.2, 0) is 14.3 Å². The molecule has 6 heteroatoms. The van der Waals surface area contributed by atoms with Crippen molar-refractivity contribution in [3.05, 3.63) is 23.8 Å². The molecule has 4 saturated carbocycles. The summed E-state index contributed by atoms with van der Waals surface area (Å²) < 4.78 is 5.20. The lowest BCUT2D eigenvalue weighted by Crippen LogP contribution is -2.69. The lowest BCUT2D eigenvalue weighted by atomic mass is 9.33. The Morgan fingerprint density at radius 3 is 2.32 bits per heavy atom. The Bertz CT molecular complexity index is 1060. The van der Waals surface area contributed by atoms with Gasteiger partial charge < -0.3 is 20.1 Å². The Labute approximate surface area is 221 Å². The van der Waals surface area contributed by atoms with Crippen molar-refractivity contribution in [2.24, 2.45) is 50.7 Å². The van der Waals surface area contributed by atoms with E-state index in [0.29, 0.717) is 25.2 Å². The summed E-state index contributed by atoms with van der Waals surface area (Å²) in [6, 6.07) is 0. The Kier molecular flexibility index (Phi) is 5.95. The fourth-order valence-electron chi connectivity index (χ4n) is 10.7. The van der Waals surface area contributed by atoms with Crippen LogP contribution in [0.2, 0.25) is 0 Å². The van der Waals surface area contributed by atoms with E-state index in [1.165, 1.54) is 12.7 Å². The van der Waals surface area contributed by atoms with Crippen molar-refractivity contribution in [1.29, 1.82) is 0 Å². The van der Waals surface area contributed by atoms with Gasteiger partial charge in [-0.05, 0) is 92.3 Å². The van der Waals surface area contributed by atoms with Gasteiger partial charge in [-0.1, -0.05) is 51.5 Å². The molecule has 0 radical (unpaired) electrons. The number of carboxylic acids is 1. The molecule has 37 heavy (non-hydrogen) atoms. The molecule has 4 fully saturated rings. The smallest absolute Gasteiger partial charge is 0.314 e. The van der Waals surface area contributed by atoms with Crippen LogP contribution in [0.3, 0.4) is 0 Å². The zero-order chi connectivity index (χ0) is 27.3. The maximum Gasteiger partial charge on any atom is 0.314 e. The maximum absolute atomic E-state index is 13.1. The second-order valence-electron chi connectivity index (χ2n) is 14.2. The van der Waals surface area contributed by atoms with Gasteiger partial charge in [-0.3, -0.25) is 9.59 Å². The summed E-state index contributed by atoms with van der Waals surface area (Å²) in [5.41, 5.74) is -0.312. The number of hydrogen-bond acceptors (Lipinski definition) is 5. The van der Waals surface area contributed by atoms with Crippen molar-refractivity contribution < 1.29 is 29.6 Å². The number of allylic oxidation sites excluding steroid dienone is 3. The summed E-state index contributed by atoms with van der Waals surface area (Å²) in [4.78, 5) is 25.9. The molecule has 0 saturated heterocycles. The van der Waals surface area contributed by atoms with Gasteiger partial charge in [0.05, 0.1) is 30.1 Å². The normalized spacial score (nSPS) is 53.1. The van der Waals surface area contributed by atoms with Crippen LogP contribution < -0.4 is 0 Å². The molecule has 6 nitrogen and oxygen atoms in total. The van der Waals surface area contributed by atoms with Gasteiger partial charge in [-0.25, -0.2) is 0 Å². The van der Waals surface area contributed by atoms with Crippen molar-refractivity contribution in [2.75, 3.05) is 7.11 Å². The summed E-state index contributed by atoms with van der Waals surface area (Å²) in [7, 11) is 1.36. The van der Waals surface area contributed by atoms with E-state index in [4.69, 9.17) is 4.74 Å². The first-order valence-electron chi connectivity index (χ1n) is 14.2. The predicted octanol–water partition coefficient (Wildman–Crippen LogP) is 5.13. The van der Waals surface area contributed by atoms with Crippen LogP contribution in [0.4, 0.5) is 0 Å². The molecule has 0 aliphatic heterocycles. The third kappa shape index (κ3) is 3.06. The lowest BCUT2D eigenvalue weighted by molar-refractivity contribution is -0.240. The van der Waals surface area contributed by atoms with Crippen molar-refractivity contribution in [1.82, 2.24) is 0 Å². The van der Waals surface area contributed by atoms with E-state index < -0.39 is 35.0 Å². The highest BCUT2D eigenvalue weighted by Gasteiger charge is 2.72. The fourth-order valence-corrected chi connectivity index (χ4v) is 10.7. The SMILES string of the molecule is C=C1C(C)CCC2(C(=O)O)CCC3(C)C(=CCC4C5(C)CC(O)C(O)C(C)(C(=O)OC)C5CCC43C)C12. The number of aliphatic hydroxyl groups is 2. The third-order valence-electron chi connectivity index (χ3n) is 13.1. The van der Waals surface area contributed by atoms with Gasteiger partial charge in [-0.2, -0.15) is 0 Å². The van der Waals surface area contributed by atoms with Crippen LogP contribution in [0, 0.1) is 50.7 Å². The molecule has 0 aromatic rings. The number of carboxylic acid groups (broad SMARTS) is 1. The minimum Gasteiger partial charge on any atom is -0.481 e. The average molecular weight is 515 g/mol. The third-order valence-corrected chi connectivity index (χ3v) is 13.1. The quantitative estimate of drug-likeness (QED) is 0.348. The number of fused-ring (bicyclic) bond motifs is 7. The van der Waals surface area contributed by atoms with E-state index in [0.717, 1.165) is 37.7 Å². The molecule has 206 valence electrons. The topological polar surface area (TPSA) is 104 Å². The van der Waals surface area contributed by atoms with Crippen LogP contribution in [0.1, 0.15) is 86.0 Å². The fraction of sp³-hybridized carbons (Fsp3) is 0.806. The van der Waals surface area contributed by atoms with Gasteiger partial charge in [0.1, 0.15) is 0 Å². The van der Waals surface area contributed by atoms with Gasteiger partial charge in [0.25, 0.3) is 0 Å². The molecule has 11 unspecified atom stereocenters. The summed E-state index contributed by atoms with van der Waals surface area (Å²) in [5, 5.41) is 32.7. The number of carbonyl (C=O) groups is 2. The van der Waals surface area contributed by atoms with Crippen LogP contribution >= 0.6 is 0 Å². The van der Waals surface area contributed by atoms with Gasteiger partial charge >= 0.3 is 11.9 Å². The molecule has 0 spiro atoms. The lowest BCUT2D eigenvalue weighted by Gasteiger charge is -2.71. The number of ether oxygens (including phenoxy) is 1. The summed E-state index contributed by atoms with van der Waals surface area (Å²) in [6.07, 6.45) is 6.06. The molecular weight excluding hydrogens is 468 g/mol. The monoisotopic (exact) mass is 514 g/mol. The number of aliphatic carboxylic acids is 1. The van der Waals surface area contributed by atoms with Crippen molar-refractivity contribution in [2.45, 2.75) is 98.2 Å². The van der Waals surface area contributed by atoms with E-state index in [1.54, 1.807) is 6.92 Å². The Morgan fingerprint density at radius 2 is 1.70 bits per heavy atom. The van der Waals surface area contributed by atoms with Crippen molar-refractivity contribution in [3.8, 4) is 0 Å². The highest BCUT2D eigenvalue weighted by atomic mass is 16.5. The largest absolute Gasteiger partial charge is 0.481 e. The number of aliphatic hydroxyl groups excluding tert-OH is 2. The molecule has 0 heterocycles. The summed E-state index contributed by atoms with van der Waals surface area (Å²) in [5.74, 6) is -0.910. The number of methoxy groups -OCH3 is 1. The van der Waals surface area contributed by atoms with Gasteiger partial charge in [0, 0.05) is 5.92 Å². The highest BCUT2D eigenvalue weighted by Crippen LogP contribution is 2.75. The van der Waals surface area contributed by atoms with Crippen LogP contribution in [-0.4, -0.2) is 46.6 Å². The van der Waals surface area contributed by atoms with E-state index in [-0.39, 0.29) is 34.0 Å². The van der Waals surface area contributed by atoms with Crippen molar-refractivity contribution in [3.63, 3.8) is 0 Å². The molecule has 5 aliphatic rings. The molecule has 3 N–H and O–H groups in total. The van der Waals surface area contributed by atoms with E-state index >= 15 is 0 Å². The Morgan fingerprint density at radius 1 is 1.03 bits per heavy atom. The minimum atomic E-state index is -1.18. The molecule has 0 aromatic carbocycles. The second-order valence-corrected chi connectivity index (χ2v) is 14.2. The molecular formula is C31H46O6. The molecule has 11 atom stereocenters. The van der Waals surface area contributed by atoms with Crippen molar-refractivity contribution >= 4 is 11.9 Å². The highest BCUT2D eigenvalue weighted by molar-refractivity contribution is 5.78. The molecule has 0 amide bonds. The Hall–Kier alpha value is -1.66. The number of hydrogen-bond donors (Lipinski definition) is 3. The summed E-state index contributed by atoms with van der Waals surface area (Å²) >= 11 is 0. The molecule has 0 aromatic heterocycles. The Balaban J connectivity index is 1.63. The molecule has 0 bridgehead atoms. The number of carbonyl (C=O) groups excluding carboxylic acids is 1. The zero-order valence-corrected chi connectivity index (χ0v) is 23.5. The van der Waals surface area contributed by atoms with Crippen LogP contribution in [0.25, 0.3) is 0 Å². The van der Waals surface area contributed by atoms with Gasteiger partial charge in [-0.15, -0.1) is 0 Å². The molecule has 5 aliphatic carbocycles. The first-order chi connectivity index (χ1) is 17.1. The maximum atomic E-state index is 13.1. The molecule has 5 rings (SSSR count).